The molecule has 0 aliphatic rings. The van der Waals surface area contributed by atoms with Crippen LogP contribution in [0.3, 0.4) is 0 Å². The number of aliphatic hydroxyl groups is 1. The van der Waals surface area contributed by atoms with Gasteiger partial charge in [0.15, 0.2) is 5.76 Å². The van der Waals surface area contributed by atoms with Gasteiger partial charge in [-0.05, 0) is 24.6 Å². The number of amides is 1. The van der Waals surface area contributed by atoms with Crippen molar-refractivity contribution in [2.45, 2.75) is 32.4 Å². The van der Waals surface area contributed by atoms with Gasteiger partial charge in [-0.15, -0.1) is 0 Å². The first-order valence-corrected chi connectivity index (χ1v) is 6.71. The van der Waals surface area contributed by atoms with Gasteiger partial charge in [-0.2, -0.15) is 5.10 Å². The fraction of sp³-hybridized carbons (Fsp3) is 0.429. The van der Waals surface area contributed by atoms with E-state index in [0.717, 1.165) is 6.42 Å². The van der Waals surface area contributed by atoms with Crippen molar-refractivity contribution in [1.29, 1.82) is 0 Å². The Labute approximate surface area is 117 Å². The molecule has 0 aromatic carbocycles. The van der Waals surface area contributed by atoms with Crippen LogP contribution in [-0.2, 0) is 6.54 Å². The molecule has 2 heterocycles. The second-order valence-corrected chi connectivity index (χ2v) is 4.62. The summed E-state index contributed by atoms with van der Waals surface area (Å²) < 4.78 is 7.17. The molecular weight excluding hydrogens is 258 g/mol. The van der Waals surface area contributed by atoms with Crippen molar-refractivity contribution >= 4 is 5.91 Å². The molecule has 0 saturated heterocycles. The van der Waals surface area contributed by atoms with E-state index < -0.39 is 6.10 Å². The molecule has 2 rings (SSSR count). The van der Waals surface area contributed by atoms with Crippen molar-refractivity contribution in [3.05, 3.63) is 42.1 Å². The van der Waals surface area contributed by atoms with Gasteiger partial charge in [-0.25, -0.2) is 0 Å². The zero-order valence-corrected chi connectivity index (χ0v) is 11.5. The lowest BCUT2D eigenvalue weighted by Gasteiger charge is -2.09. The van der Waals surface area contributed by atoms with Gasteiger partial charge >= 0.3 is 0 Å². The molecule has 108 valence electrons. The zero-order chi connectivity index (χ0) is 14.4. The summed E-state index contributed by atoms with van der Waals surface area (Å²) in [6.45, 7) is 2.71. The summed E-state index contributed by atoms with van der Waals surface area (Å²) in [5.41, 5.74) is 0. The number of aromatic nitrogens is 2. The van der Waals surface area contributed by atoms with Crippen LogP contribution in [-0.4, -0.2) is 33.4 Å². The molecule has 20 heavy (non-hydrogen) atoms. The van der Waals surface area contributed by atoms with Gasteiger partial charge in [-0.1, -0.05) is 13.3 Å². The number of aliphatic hydroxyl groups excluding tert-OH is 1. The van der Waals surface area contributed by atoms with Crippen LogP contribution in [0.1, 0.15) is 36.1 Å². The van der Waals surface area contributed by atoms with E-state index in [0.29, 0.717) is 18.7 Å². The molecule has 0 saturated carbocycles. The molecule has 0 spiro atoms. The first-order valence-electron chi connectivity index (χ1n) is 6.71. The van der Waals surface area contributed by atoms with E-state index in [9.17, 15) is 9.90 Å². The summed E-state index contributed by atoms with van der Waals surface area (Å²) in [6, 6.07) is 5.20. The zero-order valence-electron chi connectivity index (χ0n) is 11.5. The Balaban J connectivity index is 1.86. The summed E-state index contributed by atoms with van der Waals surface area (Å²) in [7, 11) is 0. The smallest absolute Gasteiger partial charge is 0.287 e. The molecule has 0 bridgehead atoms. The number of carbonyl (C=O) groups excluding carboxylic acids is 1. The molecule has 1 unspecified atom stereocenters. The Morgan fingerprint density at radius 1 is 1.55 bits per heavy atom. The van der Waals surface area contributed by atoms with Gasteiger partial charge in [-0.3, -0.25) is 9.48 Å². The Morgan fingerprint density at radius 3 is 3.10 bits per heavy atom. The van der Waals surface area contributed by atoms with Gasteiger partial charge in [0.05, 0.1) is 12.6 Å². The molecule has 6 heteroatoms. The van der Waals surface area contributed by atoms with E-state index in [-0.39, 0.29) is 18.2 Å². The Kier molecular flexibility index (Phi) is 4.95. The number of rotatable bonds is 7. The SMILES string of the molecule is CCCC(O)CNC(=O)c1ccc(Cn2cccn2)o1. The van der Waals surface area contributed by atoms with Gasteiger partial charge in [0.1, 0.15) is 5.76 Å². The molecule has 6 nitrogen and oxygen atoms in total. The van der Waals surface area contributed by atoms with Crippen molar-refractivity contribution in [3.8, 4) is 0 Å². The van der Waals surface area contributed by atoms with Crippen molar-refractivity contribution in [1.82, 2.24) is 15.1 Å². The van der Waals surface area contributed by atoms with E-state index in [1.165, 1.54) is 0 Å². The van der Waals surface area contributed by atoms with Crippen molar-refractivity contribution < 1.29 is 14.3 Å². The standard InChI is InChI=1S/C14H19N3O3/c1-2-4-11(18)9-15-14(19)13-6-5-12(20-13)10-17-8-3-7-16-17/h3,5-8,11,18H,2,4,9-10H2,1H3,(H,15,19). The van der Waals surface area contributed by atoms with Crippen molar-refractivity contribution in [2.24, 2.45) is 0 Å². The highest BCUT2D eigenvalue weighted by Crippen LogP contribution is 2.09. The van der Waals surface area contributed by atoms with Crippen LogP contribution in [0.2, 0.25) is 0 Å². The minimum Gasteiger partial charge on any atom is -0.454 e. The predicted molar refractivity (Wildman–Crippen MR) is 73.3 cm³/mol. The molecule has 2 N–H and O–H groups in total. The second-order valence-electron chi connectivity index (χ2n) is 4.62. The minimum atomic E-state index is -0.512. The number of carbonyl (C=O) groups is 1. The van der Waals surface area contributed by atoms with Gasteiger partial charge in [0.25, 0.3) is 5.91 Å². The summed E-state index contributed by atoms with van der Waals surface area (Å²) in [5, 5.41) is 16.3. The van der Waals surface area contributed by atoms with Gasteiger partial charge in [0.2, 0.25) is 0 Å². The highest BCUT2D eigenvalue weighted by atomic mass is 16.4. The van der Waals surface area contributed by atoms with Crippen LogP contribution in [0.5, 0.6) is 0 Å². The third kappa shape index (κ3) is 3.96. The highest BCUT2D eigenvalue weighted by molar-refractivity contribution is 5.91. The normalized spacial score (nSPS) is 12.3. The number of nitrogens with zero attached hydrogens (tertiary/aromatic N) is 2. The Morgan fingerprint density at radius 2 is 2.40 bits per heavy atom. The van der Waals surface area contributed by atoms with Crippen LogP contribution in [0, 0.1) is 0 Å². The fourth-order valence-corrected chi connectivity index (χ4v) is 1.87. The molecule has 2 aromatic rings. The number of nitrogens with one attached hydrogen (secondary N) is 1. The lowest BCUT2D eigenvalue weighted by molar-refractivity contribution is 0.0881. The summed E-state index contributed by atoms with van der Waals surface area (Å²) in [5.74, 6) is 0.593. The number of hydrogen-bond acceptors (Lipinski definition) is 4. The van der Waals surface area contributed by atoms with Gasteiger partial charge < -0.3 is 14.8 Å². The van der Waals surface area contributed by atoms with Crippen LogP contribution in [0.25, 0.3) is 0 Å². The number of hydrogen-bond donors (Lipinski definition) is 2. The molecular formula is C14H19N3O3. The minimum absolute atomic E-state index is 0.238. The van der Waals surface area contributed by atoms with Gasteiger partial charge in [0, 0.05) is 18.9 Å². The maximum Gasteiger partial charge on any atom is 0.287 e. The van der Waals surface area contributed by atoms with E-state index >= 15 is 0 Å². The molecule has 0 aliphatic carbocycles. The fourth-order valence-electron chi connectivity index (χ4n) is 1.87. The molecule has 2 aromatic heterocycles. The van der Waals surface area contributed by atoms with E-state index in [1.807, 2.05) is 19.2 Å². The molecule has 0 fully saturated rings. The second kappa shape index (κ2) is 6.91. The Hall–Kier alpha value is -2.08. The molecule has 0 aliphatic heterocycles. The first-order chi connectivity index (χ1) is 9.69. The average Bonchev–Trinajstić information content (AvgIpc) is 3.08. The third-order valence-corrected chi connectivity index (χ3v) is 2.88. The monoisotopic (exact) mass is 277 g/mol. The maximum absolute atomic E-state index is 11.8. The summed E-state index contributed by atoms with van der Waals surface area (Å²) in [6.07, 6.45) is 4.55. The molecule has 1 amide bonds. The third-order valence-electron chi connectivity index (χ3n) is 2.88. The van der Waals surface area contributed by atoms with E-state index in [2.05, 4.69) is 10.4 Å². The predicted octanol–water partition coefficient (Wildman–Crippen LogP) is 1.42. The topological polar surface area (TPSA) is 80.3 Å². The van der Waals surface area contributed by atoms with E-state index in [4.69, 9.17) is 4.42 Å². The maximum atomic E-state index is 11.8. The quantitative estimate of drug-likeness (QED) is 0.802. The van der Waals surface area contributed by atoms with Crippen LogP contribution < -0.4 is 5.32 Å². The summed E-state index contributed by atoms with van der Waals surface area (Å²) >= 11 is 0. The van der Waals surface area contributed by atoms with Crippen molar-refractivity contribution in [2.75, 3.05) is 6.54 Å². The van der Waals surface area contributed by atoms with E-state index in [1.54, 1.807) is 23.0 Å². The molecule has 0 radical (unpaired) electrons. The van der Waals surface area contributed by atoms with Crippen LogP contribution in [0.15, 0.2) is 35.0 Å². The summed E-state index contributed by atoms with van der Waals surface area (Å²) in [4.78, 5) is 11.8. The molecule has 1 atom stereocenters. The highest BCUT2D eigenvalue weighted by Gasteiger charge is 2.12. The lowest BCUT2D eigenvalue weighted by atomic mass is 10.2. The number of furan rings is 1. The first kappa shape index (κ1) is 14.3. The lowest BCUT2D eigenvalue weighted by Crippen LogP contribution is -2.31. The van der Waals surface area contributed by atoms with Crippen LogP contribution in [0.4, 0.5) is 0 Å². The Bertz CT molecular complexity index is 534. The average molecular weight is 277 g/mol. The largest absolute Gasteiger partial charge is 0.454 e. The van der Waals surface area contributed by atoms with Crippen molar-refractivity contribution in [3.63, 3.8) is 0 Å². The van der Waals surface area contributed by atoms with Crippen LogP contribution >= 0.6 is 0 Å².